The zero-order valence-corrected chi connectivity index (χ0v) is 18.2. The number of ether oxygens (including phenoxy) is 2. The van der Waals surface area contributed by atoms with Gasteiger partial charge in [0, 0.05) is 24.0 Å². The highest BCUT2D eigenvalue weighted by molar-refractivity contribution is 6.42. The molecular weight excluding hydrogens is 375 g/mol. The Bertz CT molecular complexity index is 1050. The highest BCUT2D eigenvalue weighted by Gasteiger charge is 2.25. The van der Waals surface area contributed by atoms with Crippen LogP contribution < -0.4 is 15.5 Å². The Morgan fingerprint density at radius 1 is 1.20 bits per heavy atom. The summed E-state index contributed by atoms with van der Waals surface area (Å²) < 4.78 is 13.4. The fraction of sp³-hybridized carbons (Fsp3) is 0.375. The number of nitrogens with zero attached hydrogens (tertiary/aromatic N) is 1. The molecule has 3 aromatic rings. The summed E-state index contributed by atoms with van der Waals surface area (Å²) in [5.74, 6) is 1.66. The largest absolute Gasteiger partial charge is 0.494 e. The third kappa shape index (κ3) is 4.32. The topological polar surface area (TPSA) is 52.5 Å². The first-order chi connectivity index (χ1) is 14.5. The third-order valence-electron chi connectivity index (χ3n) is 5.49. The van der Waals surface area contributed by atoms with Crippen molar-refractivity contribution in [3.8, 4) is 17.0 Å². The number of nitrogens with one attached hydrogen (secondary N) is 1. The van der Waals surface area contributed by atoms with Gasteiger partial charge in [-0.15, -0.1) is 0 Å². The van der Waals surface area contributed by atoms with Gasteiger partial charge in [0.25, 0.3) is 0 Å². The number of amides is 1. The predicted molar refractivity (Wildman–Crippen MR) is 125 cm³/mol. The monoisotopic (exact) mass is 404 g/mol. The van der Waals surface area contributed by atoms with Crippen molar-refractivity contribution in [1.82, 2.24) is 4.57 Å². The van der Waals surface area contributed by atoms with Gasteiger partial charge >= 0.3 is 6.09 Å². The summed E-state index contributed by atoms with van der Waals surface area (Å²) >= 11 is 0. The molecule has 1 amide bonds. The number of hydrogen-bond acceptors (Lipinski definition) is 3. The van der Waals surface area contributed by atoms with Gasteiger partial charge < -0.3 is 14.0 Å². The zero-order chi connectivity index (χ0) is 21.3. The van der Waals surface area contributed by atoms with Crippen LogP contribution in [0.3, 0.4) is 0 Å². The molecule has 1 saturated carbocycles. The molecule has 0 radical (unpaired) electrons. The van der Waals surface area contributed by atoms with Crippen molar-refractivity contribution in [1.29, 1.82) is 0 Å². The zero-order valence-electron chi connectivity index (χ0n) is 18.2. The molecule has 1 aromatic heterocycles. The average molecular weight is 404 g/mol. The molecule has 0 unspecified atom stereocenters. The van der Waals surface area contributed by atoms with E-state index in [1.165, 1.54) is 34.9 Å². The number of carbonyl (C=O) groups is 1. The smallest absolute Gasteiger partial charge is 0.411 e. The van der Waals surface area contributed by atoms with Crippen LogP contribution in [0.15, 0.2) is 42.5 Å². The summed E-state index contributed by atoms with van der Waals surface area (Å²) in [6.45, 7) is 7.36. The molecule has 1 heterocycles. The van der Waals surface area contributed by atoms with Crippen molar-refractivity contribution in [3.63, 3.8) is 0 Å². The van der Waals surface area contributed by atoms with Gasteiger partial charge in [0.05, 0.1) is 18.2 Å². The van der Waals surface area contributed by atoms with E-state index in [0.717, 1.165) is 29.5 Å². The molecule has 0 saturated heterocycles. The Kier molecular flexibility index (Phi) is 5.75. The number of benzene rings is 2. The second-order valence-electron chi connectivity index (χ2n) is 8.30. The summed E-state index contributed by atoms with van der Waals surface area (Å²) in [6.07, 6.45) is 2.01. The normalized spacial score (nSPS) is 13.6. The Labute approximate surface area is 178 Å². The van der Waals surface area contributed by atoms with Crippen molar-refractivity contribution in [3.05, 3.63) is 42.5 Å². The Balaban J connectivity index is 1.70. The molecule has 0 bridgehead atoms. The van der Waals surface area contributed by atoms with Crippen molar-refractivity contribution in [2.24, 2.45) is 5.92 Å². The molecule has 30 heavy (non-hydrogen) atoms. The molecule has 1 fully saturated rings. The van der Waals surface area contributed by atoms with Crippen LogP contribution in [0.25, 0.3) is 22.2 Å². The van der Waals surface area contributed by atoms with Crippen LogP contribution in [0.2, 0.25) is 0 Å². The summed E-state index contributed by atoms with van der Waals surface area (Å²) in [6, 6.07) is 14.4. The third-order valence-corrected chi connectivity index (χ3v) is 5.49. The molecule has 0 spiro atoms. The van der Waals surface area contributed by atoms with E-state index in [1.54, 1.807) is 0 Å². The molecule has 1 N–H and O–H groups in total. The molecule has 1 aliphatic carbocycles. The second kappa shape index (κ2) is 8.46. The first-order valence-electron chi connectivity index (χ1n) is 10.8. The van der Waals surface area contributed by atoms with E-state index < -0.39 is 6.09 Å². The molecule has 2 aromatic carbocycles. The van der Waals surface area contributed by atoms with Gasteiger partial charge in [0.1, 0.15) is 13.6 Å². The van der Waals surface area contributed by atoms with Crippen LogP contribution in [0.1, 0.15) is 33.6 Å². The highest BCUT2D eigenvalue weighted by atomic mass is 16.6. The first kappa shape index (κ1) is 20.4. The quantitative estimate of drug-likeness (QED) is 0.597. The lowest BCUT2D eigenvalue weighted by molar-refractivity contribution is 0.130. The van der Waals surface area contributed by atoms with Gasteiger partial charge in [-0.1, -0.05) is 17.6 Å². The number of aromatic nitrogens is 1. The summed E-state index contributed by atoms with van der Waals surface area (Å²) in [5, 5.41) is 4.05. The average Bonchev–Trinajstić information content (AvgIpc) is 3.48. The van der Waals surface area contributed by atoms with E-state index in [1.807, 2.05) is 32.9 Å². The van der Waals surface area contributed by atoms with Crippen molar-refractivity contribution < 1.29 is 14.3 Å². The standard InChI is InChI=1S/C24H29BN2O3/c1-4-29-19-11-12-20-21(13-19)27(14-16-5-6-16)23(22(20)25)17-7-9-18(10-8-17)26-24(28)30-15(2)3/h7-13,15-16H,4-6,14,25H2,1-3H3,(H,26,28). The molecule has 0 atom stereocenters. The molecule has 4 rings (SSSR count). The summed E-state index contributed by atoms with van der Waals surface area (Å²) in [5.41, 5.74) is 5.61. The summed E-state index contributed by atoms with van der Waals surface area (Å²) in [7, 11) is 2.19. The lowest BCUT2D eigenvalue weighted by Gasteiger charge is -2.13. The van der Waals surface area contributed by atoms with Crippen LogP contribution in [0, 0.1) is 5.92 Å². The van der Waals surface area contributed by atoms with Crippen molar-refractivity contribution in [2.45, 2.75) is 46.3 Å². The SMILES string of the molecule is Bc1c(-c2ccc(NC(=O)OC(C)C)cc2)n(CC2CC2)c2cc(OCC)ccc12. The number of carbonyl (C=O) groups excluding carboxylic acids is 1. The number of anilines is 1. The van der Waals surface area contributed by atoms with Gasteiger partial charge in [-0.05, 0) is 74.7 Å². The fourth-order valence-corrected chi connectivity index (χ4v) is 3.95. The summed E-state index contributed by atoms with van der Waals surface area (Å²) in [4.78, 5) is 11.9. The fourth-order valence-electron chi connectivity index (χ4n) is 3.95. The van der Waals surface area contributed by atoms with Crippen LogP contribution in [0.5, 0.6) is 5.75 Å². The van der Waals surface area contributed by atoms with Gasteiger partial charge in [0.15, 0.2) is 0 Å². The maximum absolute atomic E-state index is 11.9. The van der Waals surface area contributed by atoms with Crippen LogP contribution in [0.4, 0.5) is 10.5 Å². The maximum atomic E-state index is 11.9. The molecule has 5 nitrogen and oxygen atoms in total. The molecular formula is C24H29BN2O3. The van der Waals surface area contributed by atoms with Crippen molar-refractivity contribution >= 4 is 36.0 Å². The Morgan fingerprint density at radius 2 is 1.93 bits per heavy atom. The van der Waals surface area contributed by atoms with E-state index >= 15 is 0 Å². The minimum Gasteiger partial charge on any atom is -0.494 e. The lowest BCUT2D eigenvalue weighted by Crippen LogP contribution is -2.17. The van der Waals surface area contributed by atoms with Crippen LogP contribution in [-0.2, 0) is 11.3 Å². The lowest BCUT2D eigenvalue weighted by atomic mass is 9.90. The number of hydrogen-bond donors (Lipinski definition) is 1. The van der Waals surface area contributed by atoms with E-state index in [0.29, 0.717) is 6.61 Å². The van der Waals surface area contributed by atoms with Gasteiger partial charge in [-0.3, -0.25) is 5.32 Å². The van der Waals surface area contributed by atoms with Crippen LogP contribution in [-0.4, -0.2) is 31.2 Å². The van der Waals surface area contributed by atoms with E-state index in [4.69, 9.17) is 9.47 Å². The van der Waals surface area contributed by atoms with Gasteiger partial charge in [-0.25, -0.2) is 4.79 Å². The number of rotatable bonds is 7. The highest BCUT2D eigenvalue weighted by Crippen LogP contribution is 2.36. The van der Waals surface area contributed by atoms with Crippen molar-refractivity contribution in [2.75, 3.05) is 11.9 Å². The first-order valence-corrected chi connectivity index (χ1v) is 10.8. The predicted octanol–water partition coefficient (Wildman–Crippen LogP) is 4.33. The molecule has 1 aliphatic rings. The minimum absolute atomic E-state index is 0.147. The number of fused-ring (bicyclic) bond motifs is 1. The van der Waals surface area contributed by atoms with E-state index in [9.17, 15) is 4.79 Å². The molecule has 0 aliphatic heterocycles. The van der Waals surface area contributed by atoms with Gasteiger partial charge in [0.2, 0.25) is 0 Å². The minimum atomic E-state index is -0.430. The van der Waals surface area contributed by atoms with E-state index in [2.05, 4.69) is 48.1 Å². The maximum Gasteiger partial charge on any atom is 0.411 e. The Morgan fingerprint density at radius 3 is 2.57 bits per heavy atom. The van der Waals surface area contributed by atoms with Crippen LogP contribution >= 0.6 is 0 Å². The van der Waals surface area contributed by atoms with Gasteiger partial charge in [-0.2, -0.15) is 0 Å². The Hall–Kier alpha value is -2.89. The second-order valence-corrected chi connectivity index (χ2v) is 8.30. The van der Waals surface area contributed by atoms with E-state index in [-0.39, 0.29) is 6.10 Å². The molecule has 6 heteroatoms. The molecule has 156 valence electrons.